The van der Waals surface area contributed by atoms with E-state index in [0.717, 1.165) is 21.6 Å². The van der Waals surface area contributed by atoms with Gasteiger partial charge in [0.2, 0.25) is 0 Å². The van der Waals surface area contributed by atoms with Crippen molar-refractivity contribution in [3.05, 3.63) is 46.5 Å². The highest BCUT2D eigenvalue weighted by Crippen LogP contribution is 2.29. The molecule has 2 aromatic rings. The van der Waals surface area contributed by atoms with E-state index in [2.05, 4.69) is 26.3 Å². The molecule has 1 aromatic heterocycles. The summed E-state index contributed by atoms with van der Waals surface area (Å²) < 4.78 is 8.03. The van der Waals surface area contributed by atoms with Gasteiger partial charge in [-0.1, -0.05) is 6.07 Å². The second kappa shape index (κ2) is 5.51. The second-order valence-corrected chi connectivity index (χ2v) is 4.74. The van der Waals surface area contributed by atoms with Crippen LogP contribution in [0, 0.1) is 0 Å². The van der Waals surface area contributed by atoms with E-state index in [-0.39, 0.29) is 6.04 Å². The Bertz CT molecular complexity index is 541. The van der Waals surface area contributed by atoms with E-state index < -0.39 is 0 Å². The molecule has 2 rings (SSSR count). The fourth-order valence-electron chi connectivity index (χ4n) is 1.84. The Morgan fingerprint density at radius 3 is 2.78 bits per heavy atom. The van der Waals surface area contributed by atoms with Gasteiger partial charge in [-0.15, -0.1) is 0 Å². The number of benzene rings is 1. The Labute approximate surface area is 114 Å². The van der Waals surface area contributed by atoms with Gasteiger partial charge in [0.1, 0.15) is 17.6 Å². The monoisotopic (exact) mass is 310 g/mol. The average molecular weight is 311 g/mol. The highest BCUT2D eigenvalue weighted by molar-refractivity contribution is 9.10. The number of ether oxygens (including phenoxy) is 1. The number of imidazole rings is 1. The van der Waals surface area contributed by atoms with Crippen molar-refractivity contribution in [3.8, 4) is 5.75 Å². The summed E-state index contributed by atoms with van der Waals surface area (Å²) in [7, 11) is 3.57. The summed E-state index contributed by atoms with van der Waals surface area (Å²) in [6.07, 6.45) is 3.64. The van der Waals surface area contributed by atoms with Crippen molar-refractivity contribution < 1.29 is 4.74 Å². The molecule has 18 heavy (non-hydrogen) atoms. The first kappa shape index (κ1) is 13.1. The summed E-state index contributed by atoms with van der Waals surface area (Å²) in [4.78, 5) is 4.31. The minimum atomic E-state index is -0.160. The number of aryl methyl sites for hydroxylation is 1. The molecular weight excluding hydrogens is 296 g/mol. The highest BCUT2D eigenvalue weighted by Gasteiger charge is 2.17. The molecule has 0 bridgehead atoms. The molecule has 1 unspecified atom stereocenters. The van der Waals surface area contributed by atoms with Gasteiger partial charge >= 0.3 is 0 Å². The van der Waals surface area contributed by atoms with Crippen LogP contribution in [0.25, 0.3) is 0 Å². The van der Waals surface area contributed by atoms with Crippen molar-refractivity contribution in [1.29, 1.82) is 0 Å². The number of nitrogens with zero attached hydrogens (tertiary/aromatic N) is 2. The molecule has 1 heterocycles. The molecule has 0 amide bonds. The van der Waals surface area contributed by atoms with E-state index in [0.29, 0.717) is 0 Å². The standard InChI is InChI=1S/C12H15BrN4O/c1-17-6-5-15-12(17)11(16-14)8-3-4-10(18-2)9(13)7-8/h3-7,11,16H,14H2,1-2H3. The van der Waals surface area contributed by atoms with Gasteiger partial charge in [0.05, 0.1) is 11.6 Å². The normalized spacial score (nSPS) is 12.4. The van der Waals surface area contributed by atoms with E-state index in [4.69, 9.17) is 10.6 Å². The Balaban J connectivity index is 2.40. The molecule has 6 heteroatoms. The zero-order valence-corrected chi connectivity index (χ0v) is 11.8. The molecule has 1 aromatic carbocycles. The van der Waals surface area contributed by atoms with Crippen LogP contribution in [0.15, 0.2) is 35.1 Å². The Kier molecular flexibility index (Phi) is 4.00. The first-order valence-corrected chi connectivity index (χ1v) is 6.23. The van der Waals surface area contributed by atoms with Crippen LogP contribution in [-0.4, -0.2) is 16.7 Å². The minimum absolute atomic E-state index is 0.160. The van der Waals surface area contributed by atoms with E-state index in [1.54, 1.807) is 13.3 Å². The summed E-state index contributed by atoms with van der Waals surface area (Å²) in [5.41, 5.74) is 3.79. The third-order valence-electron chi connectivity index (χ3n) is 2.79. The molecule has 0 aliphatic carbocycles. The molecule has 0 saturated carbocycles. The predicted octanol–water partition coefficient (Wildman–Crippen LogP) is 1.74. The number of nitrogens with two attached hydrogens (primary N) is 1. The summed E-state index contributed by atoms with van der Waals surface area (Å²) in [6, 6.07) is 5.67. The highest BCUT2D eigenvalue weighted by atomic mass is 79.9. The smallest absolute Gasteiger partial charge is 0.133 e. The van der Waals surface area contributed by atoms with Gasteiger partial charge in [0.15, 0.2) is 0 Å². The molecule has 96 valence electrons. The lowest BCUT2D eigenvalue weighted by atomic mass is 10.1. The molecule has 0 aliphatic heterocycles. The van der Waals surface area contributed by atoms with Gasteiger partial charge in [-0.3, -0.25) is 5.84 Å². The lowest BCUT2D eigenvalue weighted by Crippen LogP contribution is -2.30. The van der Waals surface area contributed by atoms with Crippen LogP contribution < -0.4 is 16.0 Å². The Hall–Kier alpha value is -1.37. The predicted molar refractivity (Wildman–Crippen MR) is 73.1 cm³/mol. The van der Waals surface area contributed by atoms with E-state index in [9.17, 15) is 0 Å². The van der Waals surface area contributed by atoms with Gasteiger partial charge in [-0.2, -0.15) is 0 Å². The van der Waals surface area contributed by atoms with Crippen LogP contribution in [0.1, 0.15) is 17.4 Å². The number of hydrogen-bond acceptors (Lipinski definition) is 4. The van der Waals surface area contributed by atoms with Crippen molar-refractivity contribution in [2.75, 3.05) is 7.11 Å². The quantitative estimate of drug-likeness (QED) is 0.667. The fourth-order valence-corrected chi connectivity index (χ4v) is 2.40. The van der Waals surface area contributed by atoms with Crippen LogP contribution in [0.4, 0.5) is 0 Å². The molecule has 0 aliphatic rings. The van der Waals surface area contributed by atoms with E-state index >= 15 is 0 Å². The zero-order chi connectivity index (χ0) is 13.1. The number of hydrogen-bond donors (Lipinski definition) is 2. The fraction of sp³-hybridized carbons (Fsp3) is 0.250. The molecule has 3 N–H and O–H groups in total. The lowest BCUT2D eigenvalue weighted by molar-refractivity contribution is 0.411. The summed E-state index contributed by atoms with van der Waals surface area (Å²) in [5, 5.41) is 0. The third-order valence-corrected chi connectivity index (χ3v) is 3.41. The maximum Gasteiger partial charge on any atom is 0.133 e. The van der Waals surface area contributed by atoms with Gasteiger partial charge in [0, 0.05) is 19.4 Å². The summed E-state index contributed by atoms with van der Waals surface area (Å²) in [5.74, 6) is 7.28. The lowest BCUT2D eigenvalue weighted by Gasteiger charge is -2.17. The molecule has 0 radical (unpaired) electrons. The molecule has 1 atom stereocenters. The number of halogens is 1. The van der Waals surface area contributed by atoms with Crippen molar-refractivity contribution in [2.45, 2.75) is 6.04 Å². The topological polar surface area (TPSA) is 65.1 Å². The molecule has 0 fully saturated rings. The number of nitrogens with one attached hydrogen (secondary N) is 1. The van der Waals surface area contributed by atoms with Gasteiger partial charge < -0.3 is 9.30 Å². The average Bonchev–Trinajstić information content (AvgIpc) is 2.77. The Morgan fingerprint density at radius 2 is 2.28 bits per heavy atom. The minimum Gasteiger partial charge on any atom is -0.496 e. The molecular formula is C12H15BrN4O. The van der Waals surface area contributed by atoms with Gasteiger partial charge in [-0.25, -0.2) is 10.4 Å². The van der Waals surface area contributed by atoms with Gasteiger partial charge in [0.25, 0.3) is 0 Å². The van der Waals surface area contributed by atoms with Crippen molar-refractivity contribution >= 4 is 15.9 Å². The number of aromatic nitrogens is 2. The summed E-state index contributed by atoms with van der Waals surface area (Å²) in [6.45, 7) is 0. The van der Waals surface area contributed by atoms with E-state index in [1.807, 2.05) is 36.0 Å². The van der Waals surface area contributed by atoms with E-state index in [1.165, 1.54) is 0 Å². The maximum atomic E-state index is 5.64. The van der Waals surface area contributed by atoms with Gasteiger partial charge in [-0.05, 0) is 33.6 Å². The van der Waals surface area contributed by atoms with Crippen LogP contribution >= 0.6 is 15.9 Å². The Morgan fingerprint density at radius 1 is 1.50 bits per heavy atom. The SMILES string of the molecule is COc1ccc(C(NN)c2nccn2C)cc1Br. The maximum absolute atomic E-state index is 5.64. The molecule has 0 spiro atoms. The second-order valence-electron chi connectivity index (χ2n) is 3.89. The zero-order valence-electron chi connectivity index (χ0n) is 10.2. The van der Waals surface area contributed by atoms with Crippen LogP contribution in [-0.2, 0) is 7.05 Å². The number of methoxy groups -OCH3 is 1. The van der Waals surface area contributed by atoms with Crippen molar-refractivity contribution in [3.63, 3.8) is 0 Å². The largest absolute Gasteiger partial charge is 0.496 e. The number of hydrazine groups is 1. The van der Waals surface area contributed by atoms with Crippen LogP contribution in [0.2, 0.25) is 0 Å². The van der Waals surface area contributed by atoms with Crippen LogP contribution in [0.5, 0.6) is 5.75 Å². The van der Waals surface area contributed by atoms with Crippen molar-refractivity contribution in [2.24, 2.45) is 12.9 Å². The van der Waals surface area contributed by atoms with Crippen molar-refractivity contribution in [1.82, 2.24) is 15.0 Å². The summed E-state index contributed by atoms with van der Waals surface area (Å²) >= 11 is 3.47. The van der Waals surface area contributed by atoms with Crippen LogP contribution in [0.3, 0.4) is 0 Å². The third kappa shape index (κ3) is 2.40. The first-order valence-electron chi connectivity index (χ1n) is 5.44. The molecule has 5 nitrogen and oxygen atoms in total. The first-order chi connectivity index (χ1) is 8.67. The molecule has 0 saturated heterocycles. The number of rotatable bonds is 4.